The number of carbonyl (C=O) groups is 2. The Morgan fingerprint density at radius 1 is 1.26 bits per heavy atom. The van der Waals surface area contributed by atoms with E-state index < -0.39 is 27.8 Å². The number of carboxylic acid groups (broad SMARTS) is 1. The normalized spacial score (nSPS) is 16.8. The molecule has 146 valence electrons. The summed E-state index contributed by atoms with van der Waals surface area (Å²) >= 11 is 1.09. The maximum atomic E-state index is 12.8. The Bertz CT molecular complexity index is 958. The number of hydrogen-bond donors (Lipinski definition) is 2. The number of aliphatic carboxylic acids is 1. The number of nitrogens with two attached hydrogens (primary N) is 1. The highest BCUT2D eigenvalue weighted by atomic mass is 35.5. The number of benzene rings is 1. The molecule has 27 heavy (non-hydrogen) atoms. The SMILES string of the molecule is Cl.NCc1ccc(S(=O)(=O)c2cccc(C(=O)N3CCCC3C(=O)O)c2)s1. The number of nitrogens with zero attached hydrogens (tertiary/aromatic N) is 1. The number of sulfone groups is 1. The van der Waals surface area contributed by atoms with Crippen LogP contribution in [-0.4, -0.2) is 42.9 Å². The number of carboxylic acids is 1. The Morgan fingerprint density at radius 2 is 2.00 bits per heavy atom. The molecule has 7 nitrogen and oxygen atoms in total. The first-order chi connectivity index (χ1) is 12.3. The third kappa shape index (κ3) is 4.16. The highest BCUT2D eigenvalue weighted by molar-refractivity contribution is 7.93. The molecule has 1 saturated heterocycles. The summed E-state index contributed by atoms with van der Waals surface area (Å²) in [6.45, 7) is 0.599. The van der Waals surface area contributed by atoms with E-state index >= 15 is 0 Å². The summed E-state index contributed by atoms with van der Waals surface area (Å²) in [6, 6.07) is 8.00. The van der Waals surface area contributed by atoms with Crippen LogP contribution in [0.4, 0.5) is 0 Å². The van der Waals surface area contributed by atoms with Crippen LogP contribution >= 0.6 is 23.7 Å². The van der Waals surface area contributed by atoms with Crippen molar-refractivity contribution in [1.82, 2.24) is 4.90 Å². The Kier molecular flexibility index (Phi) is 6.63. The monoisotopic (exact) mass is 430 g/mol. The summed E-state index contributed by atoms with van der Waals surface area (Å²) in [7, 11) is -3.76. The lowest BCUT2D eigenvalue weighted by Crippen LogP contribution is -2.40. The lowest BCUT2D eigenvalue weighted by Gasteiger charge is -2.21. The molecule has 2 aromatic rings. The van der Waals surface area contributed by atoms with E-state index in [4.69, 9.17) is 5.73 Å². The van der Waals surface area contributed by atoms with Gasteiger partial charge in [-0.2, -0.15) is 0 Å². The van der Waals surface area contributed by atoms with E-state index in [-0.39, 0.29) is 33.6 Å². The number of rotatable bonds is 5. The summed E-state index contributed by atoms with van der Waals surface area (Å²) in [5.41, 5.74) is 5.70. The number of carbonyl (C=O) groups excluding carboxylic acids is 1. The Labute approximate surface area is 167 Å². The zero-order valence-corrected chi connectivity index (χ0v) is 16.6. The fourth-order valence-electron chi connectivity index (χ4n) is 2.96. The minimum absolute atomic E-state index is 0. The van der Waals surface area contributed by atoms with Crippen LogP contribution in [-0.2, 0) is 21.2 Å². The van der Waals surface area contributed by atoms with Gasteiger partial charge in [0.15, 0.2) is 0 Å². The molecule has 1 aromatic heterocycles. The van der Waals surface area contributed by atoms with Crippen molar-refractivity contribution in [2.24, 2.45) is 5.73 Å². The summed E-state index contributed by atoms with van der Waals surface area (Å²) in [4.78, 5) is 26.0. The number of amides is 1. The van der Waals surface area contributed by atoms with Crippen LogP contribution in [0, 0.1) is 0 Å². The molecular weight excluding hydrogens is 412 g/mol. The van der Waals surface area contributed by atoms with Crippen molar-refractivity contribution in [3.05, 3.63) is 46.8 Å². The van der Waals surface area contributed by atoms with Gasteiger partial charge in [0, 0.05) is 23.5 Å². The zero-order valence-electron chi connectivity index (χ0n) is 14.2. The molecule has 1 aliphatic rings. The lowest BCUT2D eigenvalue weighted by atomic mass is 10.1. The van der Waals surface area contributed by atoms with Crippen LogP contribution in [0.1, 0.15) is 28.1 Å². The molecular formula is C17H19ClN2O5S2. The van der Waals surface area contributed by atoms with Crippen LogP contribution in [0.15, 0.2) is 45.5 Å². The Balaban J connectivity index is 0.00000261. The van der Waals surface area contributed by atoms with Crippen molar-refractivity contribution in [2.75, 3.05) is 6.54 Å². The second-order valence-corrected chi connectivity index (χ2v) is 9.30. The molecule has 0 bridgehead atoms. The van der Waals surface area contributed by atoms with Gasteiger partial charge >= 0.3 is 5.97 Å². The average molecular weight is 431 g/mol. The first kappa shape index (κ1) is 21.4. The van der Waals surface area contributed by atoms with Crippen LogP contribution in [0.25, 0.3) is 0 Å². The smallest absolute Gasteiger partial charge is 0.326 e. The zero-order chi connectivity index (χ0) is 18.9. The van der Waals surface area contributed by atoms with Gasteiger partial charge in [0.1, 0.15) is 10.3 Å². The average Bonchev–Trinajstić information content (AvgIpc) is 3.30. The molecule has 1 fully saturated rings. The van der Waals surface area contributed by atoms with Crippen LogP contribution < -0.4 is 5.73 Å². The molecule has 3 N–H and O–H groups in total. The summed E-state index contributed by atoms with van der Waals surface area (Å²) < 4.78 is 25.7. The highest BCUT2D eigenvalue weighted by Gasteiger charge is 2.34. The largest absolute Gasteiger partial charge is 0.480 e. The molecule has 1 unspecified atom stereocenters. The van der Waals surface area contributed by atoms with Crippen molar-refractivity contribution in [1.29, 1.82) is 0 Å². The first-order valence-corrected chi connectivity index (χ1v) is 10.3. The fraction of sp³-hybridized carbons (Fsp3) is 0.294. The van der Waals surface area contributed by atoms with Crippen molar-refractivity contribution >= 4 is 45.5 Å². The standard InChI is InChI=1S/C17H18N2O5S2.ClH/c18-10-12-6-7-15(25-12)26(23,24)13-4-1-3-11(9-13)16(20)19-8-2-5-14(19)17(21)22;/h1,3-4,6-7,9,14H,2,5,8,10,18H2,(H,21,22);1H. The first-order valence-electron chi connectivity index (χ1n) is 8.02. The minimum atomic E-state index is -3.76. The number of hydrogen-bond acceptors (Lipinski definition) is 6. The predicted molar refractivity (Wildman–Crippen MR) is 103 cm³/mol. The molecule has 0 aliphatic carbocycles. The van der Waals surface area contributed by atoms with Crippen molar-refractivity contribution in [3.63, 3.8) is 0 Å². The van der Waals surface area contributed by atoms with E-state index in [9.17, 15) is 23.1 Å². The van der Waals surface area contributed by atoms with Gasteiger partial charge in [-0.05, 0) is 43.2 Å². The van der Waals surface area contributed by atoms with Gasteiger partial charge in [-0.15, -0.1) is 23.7 Å². The quantitative estimate of drug-likeness (QED) is 0.750. The number of likely N-dealkylation sites (tertiary alicyclic amines) is 1. The van der Waals surface area contributed by atoms with Gasteiger partial charge in [-0.1, -0.05) is 6.07 Å². The summed E-state index contributed by atoms with van der Waals surface area (Å²) in [5.74, 6) is -1.52. The summed E-state index contributed by atoms with van der Waals surface area (Å²) in [6.07, 6.45) is 1.01. The van der Waals surface area contributed by atoms with Gasteiger partial charge in [0.2, 0.25) is 9.84 Å². The fourth-order valence-corrected chi connectivity index (χ4v) is 5.64. The molecule has 1 atom stereocenters. The summed E-state index contributed by atoms with van der Waals surface area (Å²) in [5, 5.41) is 9.24. The van der Waals surface area contributed by atoms with Crippen molar-refractivity contribution in [3.8, 4) is 0 Å². The third-order valence-electron chi connectivity index (χ3n) is 4.29. The molecule has 1 aromatic carbocycles. The van der Waals surface area contributed by atoms with E-state index in [1.54, 1.807) is 6.07 Å². The van der Waals surface area contributed by atoms with Gasteiger partial charge in [0.25, 0.3) is 5.91 Å². The van der Waals surface area contributed by atoms with E-state index in [0.717, 1.165) is 16.2 Å². The molecule has 2 heterocycles. The number of thiophene rings is 1. The Hall–Kier alpha value is -1.94. The van der Waals surface area contributed by atoms with Gasteiger partial charge in [-0.3, -0.25) is 4.79 Å². The number of halogens is 1. The van der Waals surface area contributed by atoms with Crippen LogP contribution in [0.3, 0.4) is 0 Å². The van der Waals surface area contributed by atoms with E-state index in [0.29, 0.717) is 19.4 Å². The second-order valence-electron chi connectivity index (χ2n) is 5.95. The molecule has 0 saturated carbocycles. The van der Waals surface area contributed by atoms with Crippen molar-refractivity contribution < 1.29 is 23.1 Å². The topological polar surface area (TPSA) is 118 Å². The van der Waals surface area contributed by atoms with E-state index in [1.807, 2.05) is 0 Å². The molecule has 3 rings (SSSR count). The maximum Gasteiger partial charge on any atom is 0.326 e. The molecule has 1 amide bonds. The second kappa shape index (κ2) is 8.39. The van der Waals surface area contributed by atoms with Crippen LogP contribution in [0.2, 0.25) is 0 Å². The Morgan fingerprint density at radius 3 is 2.63 bits per heavy atom. The van der Waals surface area contributed by atoms with Crippen molar-refractivity contribution in [2.45, 2.75) is 34.5 Å². The third-order valence-corrected chi connectivity index (χ3v) is 7.64. The van der Waals surface area contributed by atoms with Crippen LogP contribution in [0.5, 0.6) is 0 Å². The van der Waals surface area contributed by atoms with E-state index in [2.05, 4.69) is 0 Å². The minimum Gasteiger partial charge on any atom is -0.480 e. The van der Waals surface area contributed by atoms with Gasteiger partial charge in [0.05, 0.1) is 4.90 Å². The highest BCUT2D eigenvalue weighted by Crippen LogP contribution is 2.29. The molecule has 0 spiro atoms. The maximum absolute atomic E-state index is 12.8. The molecule has 10 heteroatoms. The van der Waals surface area contributed by atoms with E-state index in [1.165, 1.54) is 35.2 Å². The predicted octanol–water partition coefficient (Wildman–Crippen LogP) is 2.15. The molecule has 0 radical (unpaired) electrons. The van der Waals surface area contributed by atoms with Gasteiger partial charge in [-0.25, -0.2) is 13.2 Å². The molecule has 1 aliphatic heterocycles. The lowest BCUT2D eigenvalue weighted by molar-refractivity contribution is -0.141. The van der Waals surface area contributed by atoms with Gasteiger partial charge < -0.3 is 15.7 Å².